The second kappa shape index (κ2) is 8.50. The Balaban J connectivity index is 1.72. The van der Waals surface area contributed by atoms with Gasteiger partial charge < -0.3 is 24.8 Å². The van der Waals surface area contributed by atoms with Crippen molar-refractivity contribution in [2.24, 2.45) is 0 Å². The van der Waals surface area contributed by atoms with Crippen molar-refractivity contribution in [3.63, 3.8) is 0 Å². The highest BCUT2D eigenvalue weighted by Crippen LogP contribution is 2.26. The van der Waals surface area contributed by atoms with Crippen LogP contribution in [-0.2, 0) is 0 Å². The van der Waals surface area contributed by atoms with Crippen molar-refractivity contribution in [2.45, 2.75) is 6.04 Å². The number of piperazine rings is 1. The van der Waals surface area contributed by atoms with E-state index in [0.717, 1.165) is 0 Å². The number of amides is 1. The minimum absolute atomic E-state index is 0.0958. The van der Waals surface area contributed by atoms with Gasteiger partial charge in [0, 0.05) is 31.9 Å². The molecule has 0 aliphatic carbocycles. The first kappa shape index (κ1) is 18.7. The number of aromatic nitrogens is 1. The number of rotatable bonds is 6. The zero-order valence-electron chi connectivity index (χ0n) is 14.9. The fourth-order valence-electron chi connectivity index (χ4n) is 2.93. The second-order valence-electron chi connectivity index (χ2n) is 6.06. The molecule has 0 bridgehead atoms. The van der Waals surface area contributed by atoms with Crippen LogP contribution < -0.4 is 14.8 Å². The number of phenols is 1. The molecule has 8 nitrogen and oxygen atoms in total. The molecule has 0 spiro atoms. The first-order chi connectivity index (χ1) is 13.1. The lowest BCUT2D eigenvalue weighted by molar-refractivity contribution is 0.0557. The van der Waals surface area contributed by atoms with Crippen LogP contribution in [0.5, 0.6) is 17.4 Å². The van der Waals surface area contributed by atoms with Crippen molar-refractivity contribution in [3.05, 3.63) is 47.7 Å². The van der Waals surface area contributed by atoms with E-state index in [-0.39, 0.29) is 35.6 Å². The lowest BCUT2D eigenvalue weighted by atomic mass is 10.1. The van der Waals surface area contributed by atoms with E-state index in [1.165, 1.54) is 19.4 Å². The summed E-state index contributed by atoms with van der Waals surface area (Å²) in [6.07, 6.45) is 2.04. The molecule has 2 aromatic rings. The maximum atomic E-state index is 12.9. The summed E-state index contributed by atoms with van der Waals surface area (Å²) in [6.45, 7) is 1.95. The topological polar surface area (TPSA) is 101 Å². The first-order valence-electron chi connectivity index (χ1n) is 8.55. The Kier molecular flexibility index (Phi) is 5.87. The monoisotopic (exact) mass is 371 g/mol. The van der Waals surface area contributed by atoms with Crippen molar-refractivity contribution in [2.75, 3.05) is 33.4 Å². The molecule has 1 aliphatic rings. The summed E-state index contributed by atoms with van der Waals surface area (Å²) in [7, 11) is 1.52. The largest absolute Gasteiger partial charge is 0.507 e. The van der Waals surface area contributed by atoms with Crippen molar-refractivity contribution >= 4 is 12.2 Å². The summed E-state index contributed by atoms with van der Waals surface area (Å²) in [5.41, 5.74) is 0.562. The Morgan fingerprint density at radius 2 is 2.26 bits per heavy atom. The van der Waals surface area contributed by atoms with Gasteiger partial charge in [0.2, 0.25) is 5.88 Å². The molecule has 1 saturated heterocycles. The molecule has 0 unspecified atom stereocenters. The number of methoxy groups -OCH3 is 1. The number of ether oxygens (including phenoxy) is 2. The standard InChI is InChI=1S/C19H21N3O5/c1-26-18-6-5-13(9-21-18)19(25)22-8-7-20-10-14(22)12-27-17-4-2-3-16(24)15(17)11-23/h2-6,9,11,14,20,24H,7-8,10,12H2,1H3/t14-/m0/s1. The van der Waals surface area contributed by atoms with Crippen LogP contribution in [0.25, 0.3) is 0 Å². The smallest absolute Gasteiger partial charge is 0.255 e. The van der Waals surface area contributed by atoms with Gasteiger partial charge in [0.25, 0.3) is 5.91 Å². The van der Waals surface area contributed by atoms with E-state index in [9.17, 15) is 14.7 Å². The van der Waals surface area contributed by atoms with Gasteiger partial charge in [-0.15, -0.1) is 0 Å². The number of phenolic OH excluding ortho intramolecular Hbond substituents is 1. The molecule has 27 heavy (non-hydrogen) atoms. The lowest BCUT2D eigenvalue weighted by Crippen LogP contribution is -2.55. The highest BCUT2D eigenvalue weighted by atomic mass is 16.5. The van der Waals surface area contributed by atoms with E-state index in [2.05, 4.69) is 10.3 Å². The third kappa shape index (κ3) is 4.17. The van der Waals surface area contributed by atoms with Crippen LogP contribution in [0, 0.1) is 0 Å². The Bertz CT molecular complexity index is 809. The third-order valence-electron chi connectivity index (χ3n) is 4.40. The normalized spacial score (nSPS) is 16.6. The van der Waals surface area contributed by atoms with Crippen LogP contribution in [0.2, 0.25) is 0 Å². The Labute approximate surface area is 156 Å². The lowest BCUT2D eigenvalue weighted by Gasteiger charge is -2.36. The van der Waals surface area contributed by atoms with Gasteiger partial charge in [0.15, 0.2) is 6.29 Å². The number of hydrogen-bond acceptors (Lipinski definition) is 7. The molecule has 1 aliphatic heterocycles. The fraction of sp³-hybridized carbons (Fsp3) is 0.316. The van der Waals surface area contributed by atoms with Crippen LogP contribution in [0.4, 0.5) is 0 Å². The Morgan fingerprint density at radius 1 is 1.41 bits per heavy atom. The molecular formula is C19H21N3O5. The summed E-state index contributed by atoms with van der Waals surface area (Å²) in [5.74, 6) is 0.444. The SMILES string of the molecule is COc1ccc(C(=O)N2CCNC[C@H]2COc2cccc(O)c2C=O)cn1. The number of aldehydes is 1. The number of benzene rings is 1. The van der Waals surface area contributed by atoms with E-state index in [1.807, 2.05) is 0 Å². The van der Waals surface area contributed by atoms with Gasteiger partial charge in [-0.1, -0.05) is 6.07 Å². The molecule has 8 heteroatoms. The highest BCUT2D eigenvalue weighted by molar-refractivity contribution is 5.94. The number of carbonyl (C=O) groups is 2. The number of aromatic hydroxyl groups is 1. The third-order valence-corrected chi connectivity index (χ3v) is 4.40. The van der Waals surface area contributed by atoms with Gasteiger partial charge in [-0.25, -0.2) is 4.98 Å². The van der Waals surface area contributed by atoms with Crippen LogP contribution >= 0.6 is 0 Å². The van der Waals surface area contributed by atoms with Crippen LogP contribution in [0.15, 0.2) is 36.5 Å². The maximum absolute atomic E-state index is 12.9. The quantitative estimate of drug-likeness (QED) is 0.733. The van der Waals surface area contributed by atoms with E-state index < -0.39 is 0 Å². The average molecular weight is 371 g/mol. The molecule has 1 amide bonds. The highest BCUT2D eigenvalue weighted by Gasteiger charge is 2.28. The summed E-state index contributed by atoms with van der Waals surface area (Å²) >= 11 is 0. The summed E-state index contributed by atoms with van der Waals surface area (Å²) in [4.78, 5) is 29.8. The zero-order valence-corrected chi connectivity index (χ0v) is 14.9. The first-order valence-corrected chi connectivity index (χ1v) is 8.55. The summed E-state index contributed by atoms with van der Waals surface area (Å²) in [5, 5.41) is 13.0. The number of nitrogens with one attached hydrogen (secondary N) is 1. The molecule has 3 rings (SSSR count). The average Bonchev–Trinajstić information content (AvgIpc) is 2.72. The van der Waals surface area contributed by atoms with Gasteiger partial charge in [0.1, 0.15) is 18.1 Å². The number of hydrogen-bond donors (Lipinski definition) is 2. The maximum Gasteiger partial charge on any atom is 0.255 e. The zero-order chi connectivity index (χ0) is 19.2. The van der Waals surface area contributed by atoms with E-state index >= 15 is 0 Å². The molecule has 2 heterocycles. The van der Waals surface area contributed by atoms with E-state index in [0.29, 0.717) is 37.4 Å². The van der Waals surface area contributed by atoms with Crippen molar-refractivity contribution in [1.82, 2.24) is 15.2 Å². The molecule has 142 valence electrons. The van der Waals surface area contributed by atoms with Crippen LogP contribution in [0.1, 0.15) is 20.7 Å². The summed E-state index contributed by atoms with van der Waals surface area (Å²) < 4.78 is 10.8. The minimum Gasteiger partial charge on any atom is -0.507 e. The Morgan fingerprint density at radius 3 is 2.96 bits per heavy atom. The van der Waals surface area contributed by atoms with Crippen molar-refractivity contribution in [1.29, 1.82) is 0 Å². The molecular weight excluding hydrogens is 350 g/mol. The number of carbonyl (C=O) groups excluding carboxylic acids is 2. The number of pyridine rings is 1. The second-order valence-corrected chi connectivity index (χ2v) is 6.06. The molecule has 1 aromatic carbocycles. The predicted octanol–water partition coefficient (Wildman–Crippen LogP) is 1.10. The molecule has 2 N–H and O–H groups in total. The van der Waals surface area contributed by atoms with E-state index in [1.54, 1.807) is 29.2 Å². The molecule has 1 aromatic heterocycles. The Hall–Kier alpha value is -3.13. The summed E-state index contributed by atoms with van der Waals surface area (Å²) in [6, 6.07) is 7.72. The van der Waals surface area contributed by atoms with Crippen LogP contribution in [0.3, 0.4) is 0 Å². The molecule has 0 saturated carbocycles. The van der Waals surface area contributed by atoms with Crippen LogP contribution in [-0.4, -0.2) is 66.6 Å². The van der Waals surface area contributed by atoms with Gasteiger partial charge >= 0.3 is 0 Å². The fourth-order valence-corrected chi connectivity index (χ4v) is 2.93. The number of nitrogens with zero attached hydrogens (tertiary/aromatic N) is 2. The van der Waals surface area contributed by atoms with Gasteiger partial charge in [-0.2, -0.15) is 0 Å². The minimum atomic E-state index is -0.227. The predicted molar refractivity (Wildman–Crippen MR) is 97.5 cm³/mol. The van der Waals surface area contributed by atoms with Crippen molar-refractivity contribution < 1.29 is 24.2 Å². The van der Waals surface area contributed by atoms with Gasteiger partial charge in [-0.3, -0.25) is 9.59 Å². The van der Waals surface area contributed by atoms with E-state index in [4.69, 9.17) is 9.47 Å². The molecule has 0 radical (unpaired) electrons. The van der Waals surface area contributed by atoms with Gasteiger partial charge in [0.05, 0.1) is 24.3 Å². The molecule has 1 fully saturated rings. The molecule has 1 atom stereocenters. The van der Waals surface area contributed by atoms with Gasteiger partial charge in [-0.05, 0) is 18.2 Å². The van der Waals surface area contributed by atoms with Crippen molar-refractivity contribution in [3.8, 4) is 17.4 Å².